The number of aromatic nitrogens is 3. The maximum atomic E-state index is 10.5. The van der Waals surface area contributed by atoms with Crippen molar-refractivity contribution < 1.29 is 9.72 Å². The summed E-state index contributed by atoms with van der Waals surface area (Å²) in [6, 6.07) is 0. The van der Waals surface area contributed by atoms with Gasteiger partial charge in [0.1, 0.15) is 6.67 Å². The van der Waals surface area contributed by atoms with E-state index < -0.39 is 10.9 Å². The summed E-state index contributed by atoms with van der Waals surface area (Å²) in [5.41, 5.74) is 0. The van der Waals surface area contributed by atoms with Gasteiger partial charge in [-0.15, -0.1) is 4.68 Å². The Labute approximate surface area is 86.6 Å². The van der Waals surface area contributed by atoms with Crippen LogP contribution in [0.4, 0.5) is 5.95 Å². The molecule has 76 valence electrons. The molecule has 0 fully saturated rings. The van der Waals surface area contributed by atoms with Crippen molar-refractivity contribution in [3.63, 3.8) is 0 Å². The van der Waals surface area contributed by atoms with Gasteiger partial charge in [-0.1, -0.05) is 0 Å². The molecule has 1 amide bonds. The number of hydrogen-bond donors (Lipinski definition) is 1. The molecule has 1 aromatic rings. The van der Waals surface area contributed by atoms with E-state index >= 15 is 0 Å². The molecular formula is C5H6BrN5O3. The Morgan fingerprint density at radius 1 is 1.79 bits per heavy atom. The van der Waals surface area contributed by atoms with Gasteiger partial charge in [0.05, 0.1) is 0 Å². The lowest BCUT2D eigenvalue weighted by Gasteiger charge is -1.97. The van der Waals surface area contributed by atoms with Crippen molar-refractivity contribution in [2.45, 2.75) is 13.6 Å². The quantitative estimate of drug-likeness (QED) is 0.613. The van der Waals surface area contributed by atoms with Crippen LogP contribution in [-0.4, -0.2) is 25.6 Å². The van der Waals surface area contributed by atoms with Crippen molar-refractivity contribution in [3.05, 3.63) is 14.8 Å². The van der Waals surface area contributed by atoms with E-state index in [1.165, 1.54) is 11.6 Å². The lowest BCUT2D eigenvalue weighted by Crippen LogP contribution is -2.24. The van der Waals surface area contributed by atoms with Crippen LogP contribution in [0.3, 0.4) is 0 Å². The van der Waals surface area contributed by atoms with Gasteiger partial charge in [0.25, 0.3) is 4.73 Å². The van der Waals surface area contributed by atoms with Crippen LogP contribution in [0.15, 0.2) is 4.73 Å². The Kier molecular flexibility index (Phi) is 3.12. The highest BCUT2D eigenvalue weighted by Gasteiger charge is 2.18. The monoisotopic (exact) mass is 263 g/mol. The third-order valence-corrected chi connectivity index (χ3v) is 1.84. The van der Waals surface area contributed by atoms with Gasteiger partial charge in [-0.3, -0.25) is 4.79 Å². The van der Waals surface area contributed by atoms with E-state index in [9.17, 15) is 14.9 Å². The van der Waals surface area contributed by atoms with E-state index in [0.29, 0.717) is 0 Å². The molecule has 1 aromatic heterocycles. The molecule has 0 aliphatic carbocycles. The molecule has 0 aliphatic rings. The average molecular weight is 264 g/mol. The van der Waals surface area contributed by atoms with E-state index in [2.05, 4.69) is 31.3 Å². The second kappa shape index (κ2) is 4.13. The Hall–Kier alpha value is -1.51. The first kappa shape index (κ1) is 10.6. The maximum absolute atomic E-state index is 10.5. The molecule has 0 spiro atoms. The van der Waals surface area contributed by atoms with Crippen LogP contribution in [0, 0.1) is 10.1 Å². The first-order valence-corrected chi connectivity index (χ1v) is 4.29. The first-order valence-electron chi connectivity index (χ1n) is 3.50. The van der Waals surface area contributed by atoms with Gasteiger partial charge in [-0.05, 0) is 9.91 Å². The molecule has 0 radical (unpaired) electrons. The molecule has 0 saturated heterocycles. The fourth-order valence-corrected chi connectivity index (χ4v) is 1.04. The molecule has 1 N–H and O–H groups in total. The van der Waals surface area contributed by atoms with Gasteiger partial charge in [-0.2, -0.15) is 0 Å². The molecule has 0 atom stereocenters. The van der Waals surface area contributed by atoms with E-state index in [1.54, 1.807) is 0 Å². The van der Waals surface area contributed by atoms with E-state index in [1.807, 2.05) is 0 Å². The number of nitro groups is 1. The summed E-state index contributed by atoms with van der Waals surface area (Å²) in [6.07, 6.45) is 0. The average Bonchev–Trinajstić information content (AvgIpc) is 2.43. The summed E-state index contributed by atoms with van der Waals surface area (Å²) in [4.78, 5) is 23.6. The number of nitrogens with one attached hydrogen (secondary N) is 1. The van der Waals surface area contributed by atoms with Crippen LogP contribution in [0.1, 0.15) is 6.92 Å². The predicted molar refractivity (Wildman–Crippen MR) is 48.2 cm³/mol. The zero-order valence-corrected chi connectivity index (χ0v) is 8.68. The van der Waals surface area contributed by atoms with Crippen molar-refractivity contribution in [2.24, 2.45) is 0 Å². The molecule has 0 aliphatic heterocycles. The Bertz CT molecular complexity index is 375. The molecule has 0 bridgehead atoms. The standard InChI is InChI=1S/C5H6BrN5O3/c1-3(12)7-2-10-4(6)8-5(9-10)11(13)14/h2H2,1H3,(H,7,12). The van der Waals surface area contributed by atoms with Gasteiger partial charge in [-0.25, -0.2) is 0 Å². The third kappa shape index (κ3) is 2.49. The first-order chi connectivity index (χ1) is 6.50. The minimum Gasteiger partial charge on any atom is -0.390 e. The van der Waals surface area contributed by atoms with Crippen LogP contribution in [-0.2, 0) is 11.5 Å². The Morgan fingerprint density at radius 2 is 2.43 bits per heavy atom. The number of carbonyl (C=O) groups is 1. The zero-order valence-electron chi connectivity index (χ0n) is 7.10. The minimum atomic E-state index is -0.713. The van der Waals surface area contributed by atoms with Crippen LogP contribution in [0.5, 0.6) is 0 Å². The highest BCUT2D eigenvalue weighted by atomic mass is 79.9. The fraction of sp³-hybridized carbons (Fsp3) is 0.400. The lowest BCUT2D eigenvalue weighted by molar-refractivity contribution is -0.394. The SMILES string of the molecule is CC(=O)NCn1nc([N+](=O)[O-])nc1Br. The van der Waals surface area contributed by atoms with Crippen molar-refractivity contribution in [3.8, 4) is 0 Å². The summed E-state index contributed by atoms with van der Waals surface area (Å²) in [5.74, 6) is -0.766. The van der Waals surface area contributed by atoms with Gasteiger partial charge in [0.15, 0.2) is 0 Å². The van der Waals surface area contributed by atoms with E-state index in [0.717, 1.165) is 0 Å². The lowest BCUT2D eigenvalue weighted by atomic mass is 10.7. The summed E-state index contributed by atoms with van der Waals surface area (Å²) in [6.45, 7) is 1.37. The van der Waals surface area contributed by atoms with E-state index in [4.69, 9.17) is 0 Å². The zero-order chi connectivity index (χ0) is 10.7. The topological polar surface area (TPSA) is 103 Å². The second-order valence-electron chi connectivity index (χ2n) is 2.33. The highest BCUT2D eigenvalue weighted by molar-refractivity contribution is 9.10. The number of carbonyl (C=O) groups excluding carboxylic acids is 1. The maximum Gasteiger partial charge on any atom is 0.492 e. The summed E-state index contributed by atoms with van der Waals surface area (Å²) in [7, 11) is 0. The highest BCUT2D eigenvalue weighted by Crippen LogP contribution is 2.10. The molecule has 8 nitrogen and oxygen atoms in total. The van der Waals surface area contributed by atoms with Crippen LogP contribution >= 0.6 is 15.9 Å². The number of amides is 1. The number of nitrogens with zero attached hydrogens (tertiary/aromatic N) is 4. The molecular weight excluding hydrogens is 258 g/mol. The summed E-state index contributed by atoms with van der Waals surface area (Å²) in [5, 5.41) is 16.2. The minimum absolute atomic E-state index is 0.0384. The van der Waals surface area contributed by atoms with Gasteiger partial charge < -0.3 is 15.4 Å². The normalized spacial score (nSPS) is 9.86. The molecule has 1 rings (SSSR count). The Balaban J connectivity index is 2.77. The third-order valence-electron chi connectivity index (χ3n) is 1.26. The van der Waals surface area contributed by atoms with Gasteiger partial charge in [0.2, 0.25) is 5.91 Å². The summed E-state index contributed by atoms with van der Waals surface area (Å²) < 4.78 is 1.36. The van der Waals surface area contributed by atoms with Crippen molar-refractivity contribution >= 4 is 27.8 Å². The second-order valence-corrected chi connectivity index (χ2v) is 3.04. The van der Waals surface area contributed by atoms with Crippen LogP contribution in [0.25, 0.3) is 0 Å². The van der Waals surface area contributed by atoms with E-state index in [-0.39, 0.29) is 17.3 Å². The van der Waals surface area contributed by atoms with Crippen molar-refractivity contribution in [2.75, 3.05) is 0 Å². The van der Waals surface area contributed by atoms with Gasteiger partial charge in [0, 0.05) is 28.0 Å². The Morgan fingerprint density at radius 3 is 2.86 bits per heavy atom. The molecule has 0 aromatic carbocycles. The molecule has 1 heterocycles. The fourth-order valence-electron chi connectivity index (χ4n) is 0.676. The molecule has 0 unspecified atom stereocenters. The van der Waals surface area contributed by atoms with Crippen LogP contribution in [0.2, 0.25) is 0 Å². The molecule has 14 heavy (non-hydrogen) atoms. The molecule has 0 saturated carbocycles. The number of rotatable bonds is 3. The number of halogens is 1. The summed E-state index contributed by atoms with van der Waals surface area (Å²) >= 11 is 2.97. The van der Waals surface area contributed by atoms with Gasteiger partial charge >= 0.3 is 5.95 Å². The van der Waals surface area contributed by atoms with Crippen LogP contribution < -0.4 is 5.32 Å². The van der Waals surface area contributed by atoms with Crippen molar-refractivity contribution in [1.29, 1.82) is 0 Å². The smallest absolute Gasteiger partial charge is 0.390 e. The predicted octanol–water partition coefficient (Wildman–Crippen LogP) is 0.0424. The van der Waals surface area contributed by atoms with Crippen molar-refractivity contribution in [1.82, 2.24) is 20.1 Å². The molecule has 9 heteroatoms. The largest absolute Gasteiger partial charge is 0.492 e. The number of hydrogen-bond acceptors (Lipinski definition) is 5.